The van der Waals surface area contributed by atoms with Crippen LogP contribution in [0.4, 0.5) is 10.1 Å². The van der Waals surface area contributed by atoms with Crippen LogP contribution < -0.4 is 5.73 Å². The monoisotopic (exact) mass is 286 g/mol. The molecule has 0 aliphatic carbocycles. The number of hydrogen-bond acceptors (Lipinski definition) is 3. The predicted molar refractivity (Wildman–Crippen MR) is 72.5 cm³/mol. The van der Waals surface area contributed by atoms with Crippen molar-refractivity contribution in [2.75, 3.05) is 18.8 Å². The number of benzene rings is 1. The zero-order chi connectivity index (χ0) is 14.2. The summed E-state index contributed by atoms with van der Waals surface area (Å²) in [5.41, 5.74) is 5.25. The van der Waals surface area contributed by atoms with Crippen LogP contribution in [0.15, 0.2) is 23.1 Å². The predicted octanol–water partition coefficient (Wildman–Crippen LogP) is 2.07. The molecule has 1 aliphatic rings. The van der Waals surface area contributed by atoms with Crippen molar-refractivity contribution in [2.45, 2.75) is 25.2 Å². The van der Waals surface area contributed by atoms with Crippen LogP contribution >= 0.6 is 0 Å². The van der Waals surface area contributed by atoms with Crippen LogP contribution in [0, 0.1) is 17.7 Å². The minimum absolute atomic E-state index is 0.128. The molecule has 0 saturated carbocycles. The van der Waals surface area contributed by atoms with Crippen LogP contribution in [0.2, 0.25) is 0 Å². The summed E-state index contributed by atoms with van der Waals surface area (Å²) < 4.78 is 39.7. The number of nitrogen functional groups attached to an aromatic ring is 1. The first-order chi connectivity index (χ1) is 8.84. The Balaban J connectivity index is 2.31. The molecule has 1 saturated heterocycles. The lowest BCUT2D eigenvalue weighted by molar-refractivity contribution is 0.388. The smallest absolute Gasteiger partial charge is 0.245 e. The zero-order valence-electron chi connectivity index (χ0n) is 11.1. The summed E-state index contributed by atoms with van der Waals surface area (Å²) in [6.07, 6.45) is 0.839. The molecule has 2 rings (SSSR count). The molecule has 2 N–H and O–H groups in total. The van der Waals surface area contributed by atoms with Crippen molar-refractivity contribution in [3.05, 3.63) is 24.0 Å². The van der Waals surface area contributed by atoms with E-state index in [-0.39, 0.29) is 10.6 Å². The Morgan fingerprint density at radius 3 is 2.68 bits per heavy atom. The van der Waals surface area contributed by atoms with Crippen LogP contribution in [0.3, 0.4) is 0 Å². The Morgan fingerprint density at radius 2 is 2.11 bits per heavy atom. The Bertz CT molecular complexity index is 572. The van der Waals surface area contributed by atoms with Gasteiger partial charge >= 0.3 is 0 Å². The van der Waals surface area contributed by atoms with Gasteiger partial charge in [0.25, 0.3) is 0 Å². The Kier molecular flexibility index (Phi) is 3.82. The lowest BCUT2D eigenvalue weighted by atomic mass is 9.96. The first-order valence-electron chi connectivity index (χ1n) is 6.38. The van der Waals surface area contributed by atoms with Crippen LogP contribution in [0.5, 0.6) is 0 Å². The van der Waals surface area contributed by atoms with Crippen LogP contribution in [0.1, 0.15) is 20.3 Å². The summed E-state index contributed by atoms with van der Waals surface area (Å²) in [7, 11) is -3.69. The average Bonchev–Trinajstić information content (AvgIpc) is 2.82. The van der Waals surface area contributed by atoms with Crippen LogP contribution in [0.25, 0.3) is 0 Å². The standard InChI is InChI=1S/C13H19FN2O2S/c1-9(2)10-6-7-16(8-10)19(17,18)12-5-3-4-11(14)13(12)15/h3-5,9-10H,6-8,15H2,1-2H3. The molecule has 6 heteroatoms. The Morgan fingerprint density at radius 1 is 1.42 bits per heavy atom. The fraction of sp³-hybridized carbons (Fsp3) is 0.538. The molecule has 1 aromatic carbocycles. The number of nitrogens with two attached hydrogens (primary N) is 1. The van der Waals surface area contributed by atoms with Gasteiger partial charge in [-0.3, -0.25) is 0 Å². The molecule has 0 aromatic heterocycles. The molecule has 19 heavy (non-hydrogen) atoms. The largest absolute Gasteiger partial charge is 0.395 e. The normalized spacial score (nSPS) is 21.2. The number of nitrogens with zero attached hydrogens (tertiary/aromatic N) is 1. The van der Waals surface area contributed by atoms with Gasteiger partial charge in [0, 0.05) is 13.1 Å². The molecular formula is C13H19FN2O2S. The third-order valence-corrected chi connectivity index (χ3v) is 5.68. The molecule has 0 amide bonds. The highest BCUT2D eigenvalue weighted by Crippen LogP contribution is 2.31. The fourth-order valence-electron chi connectivity index (χ4n) is 2.40. The van der Waals surface area contributed by atoms with E-state index >= 15 is 0 Å². The van der Waals surface area contributed by atoms with E-state index in [0.717, 1.165) is 12.5 Å². The second-order valence-electron chi connectivity index (χ2n) is 5.31. The lowest BCUT2D eigenvalue weighted by Gasteiger charge is -2.19. The van der Waals surface area contributed by atoms with E-state index in [9.17, 15) is 12.8 Å². The first kappa shape index (κ1) is 14.3. The van der Waals surface area contributed by atoms with Crippen molar-refractivity contribution in [2.24, 2.45) is 11.8 Å². The number of anilines is 1. The zero-order valence-corrected chi connectivity index (χ0v) is 12.0. The van der Waals surface area contributed by atoms with E-state index in [1.807, 2.05) is 0 Å². The molecule has 1 aliphatic heterocycles. The van der Waals surface area contributed by atoms with Crippen molar-refractivity contribution in [3.8, 4) is 0 Å². The number of hydrogen-bond donors (Lipinski definition) is 1. The second kappa shape index (κ2) is 5.09. The summed E-state index contributed by atoms with van der Waals surface area (Å²) in [4.78, 5) is -0.128. The van der Waals surface area contributed by atoms with Gasteiger partial charge in [0.05, 0.1) is 5.69 Å². The third-order valence-electron chi connectivity index (χ3n) is 3.76. The fourth-order valence-corrected chi connectivity index (χ4v) is 4.04. The number of halogens is 1. The Labute approximate surface area is 113 Å². The van der Waals surface area contributed by atoms with E-state index in [0.29, 0.717) is 24.9 Å². The minimum atomic E-state index is -3.69. The van der Waals surface area contributed by atoms with E-state index < -0.39 is 15.8 Å². The van der Waals surface area contributed by atoms with Crippen LogP contribution in [-0.4, -0.2) is 25.8 Å². The molecule has 1 aromatic rings. The summed E-state index contributed by atoms with van der Waals surface area (Å²) in [5.74, 6) is 0.0929. The van der Waals surface area contributed by atoms with Gasteiger partial charge in [-0.25, -0.2) is 12.8 Å². The molecule has 4 nitrogen and oxygen atoms in total. The number of para-hydroxylation sites is 1. The molecular weight excluding hydrogens is 267 g/mol. The number of sulfonamides is 1. The van der Waals surface area contributed by atoms with E-state index in [1.54, 1.807) is 0 Å². The molecule has 1 unspecified atom stereocenters. The van der Waals surface area contributed by atoms with Crippen molar-refractivity contribution < 1.29 is 12.8 Å². The van der Waals surface area contributed by atoms with E-state index in [4.69, 9.17) is 5.73 Å². The van der Waals surface area contributed by atoms with Gasteiger partial charge in [0.15, 0.2) is 0 Å². The van der Waals surface area contributed by atoms with Gasteiger partial charge in [0.2, 0.25) is 10.0 Å². The lowest BCUT2D eigenvalue weighted by Crippen LogP contribution is -2.30. The quantitative estimate of drug-likeness (QED) is 0.865. The first-order valence-corrected chi connectivity index (χ1v) is 7.82. The molecule has 1 atom stereocenters. The van der Waals surface area contributed by atoms with Gasteiger partial charge in [-0.05, 0) is 30.4 Å². The van der Waals surface area contributed by atoms with E-state index in [2.05, 4.69) is 13.8 Å². The molecule has 1 fully saturated rings. The van der Waals surface area contributed by atoms with Gasteiger partial charge in [-0.1, -0.05) is 19.9 Å². The molecule has 1 heterocycles. The third kappa shape index (κ3) is 2.60. The van der Waals surface area contributed by atoms with E-state index in [1.165, 1.54) is 16.4 Å². The molecule has 0 spiro atoms. The average molecular weight is 286 g/mol. The maximum atomic E-state index is 13.4. The van der Waals surface area contributed by atoms with Crippen molar-refractivity contribution in [3.63, 3.8) is 0 Å². The van der Waals surface area contributed by atoms with Crippen molar-refractivity contribution in [1.82, 2.24) is 4.31 Å². The van der Waals surface area contributed by atoms with Crippen LogP contribution in [-0.2, 0) is 10.0 Å². The maximum absolute atomic E-state index is 13.4. The van der Waals surface area contributed by atoms with Gasteiger partial charge in [0.1, 0.15) is 10.7 Å². The summed E-state index contributed by atoms with van der Waals surface area (Å²) in [6, 6.07) is 3.89. The van der Waals surface area contributed by atoms with Crippen molar-refractivity contribution >= 4 is 15.7 Å². The summed E-state index contributed by atoms with van der Waals surface area (Å²) in [5, 5.41) is 0. The highest BCUT2D eigenvalue weighted by molar-refractivity contribution is 7.89. The SMILES string of the molecule is CC(C)C1CCN(S(=O)(=O)c2cccc(F)c2N)C1. The Hall–Kier alpha value is -1.14. The summed E-state index contributed by atoms with van der Waals surface area (Å²) in [6.45, 7) is 5.12. The molecule has 0 radical (unpaired) electrons. The topological polar surface area (TPSA) is 63.4 Å². The van der Waals surface area contributed by atoms with Gasteiger partial charge < -0.3 is 5.73 Å². The minimum Gasteiger partial charge on any atom is -0.395 e. The molecule has 0 bridgehead atoms. The highest BCUT2D eigenvalue weighted by Gasteiger charge is 2.34. The molecule has 106 valence electrons. The van der Waals surface area contributed by atoms with Gasteiger partial charge in [-0.15, -0.1) is 0 Å². The highest BCUT2D eigenvalue weighted by atomic mass is 32.2. The van der Waals surface area contributed by atoms with Gasteiger partial charge in [-0.2, -0.15) is 4.31 Å². The maximum Gasteiger partial charge on any atom is 0.245 e. The summed E-state index contributed by atoms with van der Waals surface area (Å²) >= 11 is 0. The van der Waals surface area contributed by atoms with Crippen molar-refractivity contribution in [1.29, 1.82) is 0 Å². The second-order valence-corrected chi connectivity index (χ2v) is 7.21. The number of rotatable bonds is 3.